The molecule has 3 rings (SSSR count). The maximum Gasteiger partial charge on any atom is 0.256 e. The molecule has 0 aliphatic heterocycles. The molecular weight excluding hydrogens is 374 g/mol. The Balaban J connectivity index is 1.82. The molecule has 0 aliphatic carbocycles. The fourth-order valence-electron chi connectivity index (χ4n) is 2.98. The molecule has 0 aliphatic rings. The number of benzene rings is 2. The maximum atomic E-state index is 12.8. The van der Waals surface area contributed by atoms with Crippen molar-refractivity contribution in [1.82, 2.24) is 4.98 Å². The Morgan fingerprint density at radius 3 is 2.36 bits per heavy atom. The van der Waals surface area contributed by atoms with E-state index in [-0.39, 0.29) is 11.7 Å². The summed E-state index contributed by atoms with van der Waals surface area (Å²) in [5.74, 6) is -0.167. The fraction of sp³-hybridized carbons (Fsp3) is 0.238. The smallest absolute Gasteiger partial charge is 0.256 e. The van der Waals surface area contributed by atoms with E-state index in [0.29, 0.717) is 23.4 Å². The Bertz CT molecular complexity index is 1120. The number of amides is 1. The molecule has 0 fully saturated rings. The number of carbonyl (C=O) groups is 1. The molecule has 28 heavy (non-hydrogen) atoms. The Morgan fingerprint density at radius 1 is 1.00 bits per heavy atom. The van der Waals surface area contributed by atoms with Crippen molar-refractivity contribution in [2.24, 2.45) is 0 Å². The molecule has 0 spiro atoms. The molecule has 3 aromatic rings. The third-order valence-corrected chi connectivity index (χ3v) is 5.72. The summed E-state index contributed by atoms with van der Waals surface area (Å²) in [5, 5.41) is 3.67. The average Bonchev–Trinajstić information content (AvgIpc) is 2.62. The van der Waals surface area contributed by atoms with Crippen LogP contribution >= 0.6 is 0 Å². The lowest BCUT2D eigenvalue weighted by Crippen LogP contribution is -2.16. The Morgan fingerprint density at radius 2 is 1.68 bits per heavy atom. The van der Waals surface area contributed by atoms with Gasteiger partial charge in [0.15, 0.2) is 0 Å². The molecule has 0 atom stereocenters. The second-order valence-corrected chi connectivity index (χ2v) is 8.63. The zero-order chi connectivity index (χ0) is 20.3. The van der Waals surface area contributed by atoms with Gasteiger partial charge in [0.1, 0.15) is 0 Å². The number of hydrogen-bond acceptors (Lipinski definition) is 4. The summed E-state index contributed by atoms with van der Waals surface area (Å²) < 4.78 is 26.2. The number of pyridine rings is 1. The van der Waals surface area contributed by atoms with Gasteiger partial charge in [-0.3, -0.25) is 14.5 Å². The lowest BCUT2D eigenvalue weighted by atomic mass is 10.0. The summed E-state index contributed by atoms with van der Waals surface area (Å²) >= 11 is 0. The second kappa shape index (κ2) is 7.98. The van der Waals surface area contributed by atoms with E-state index in [2.05, 4.69) is 15.0 Å². The van der Waals surface area contributed by atoms with Gasteiger partial charge in [-0.05, 0) is 62.7 Å². The van der Waals surface area contributed by atoms with Crippen LogP contribution in [0, 0.1) is 13.8 Å². The first-order valence-corrected chi connectivity index (χ1v) is 10.7. The van der Waals surface area contributed by atoms with E-state index in [1.165, 1.54) is 0 Å². The van der Waals surface area contributed by atoms with Gasteiger partial charge in [-0.2, -0.15) is 0 Å². The maximum absolute atomic E-state index is 12.8. The van der Waals surface area contributed by atoms with Crippen molar-refractivity contribution in [2.45, 2.75) is 27.2 Å². The molecule has 6 nitrogen and oxygen atoms in total. The van der Waals surface area contributed by atoms with Gasteiger partial charge < -0.3 is 5.32 Å². The lowest BCUT2D eigenvalue weighted by Gasteiger charge is -2.11. The molecule has 0 bridgehead atoms. The number of hydrogen-bond donors (Lipinski definition) is 2. The van der Waals surface area contributed by atoms with Gasteiger partial charge in [0.25, 0.3) is 5.91 Å². The molecule has 2 N–H and O–H groups in total. The van der Waals surface area contributed by atoms with Crippen LogP contribution in [0.15, 0.2) is 48.5 Å². The summed E-state index contributed by atoms with van der Waals surface area (Å²) in [4.78, 5) is 17.3. The number of sulfonamides is 1. The van der Waals surface area contributed by atoms with Crippen LogP contribution in [-0.4, -0.2) is 25.1 Å². The number of aromatic nitrogens is 1. The van der Waals surface area contributed by atoms with Crippen molar-refractivity contribution in [3.63, 3.8) is 0 Å². The minimum atomic E-state index is -3.34. The highest BCUT2D eigenvalue weighted by Gasteiger charge is 2.13. The summed E-state index contributed by atoms with van der Waals surface area (Å²) in [7, 11) is -3.34. The van der Waals surface area contributed by atoms with Gasteiger partial charge in [-0.25, -0.2) is 8.42 Å². The van der Waals surface area contributed by atoms with E-state index in [4.69, 9.17) is 0 Å². The predicted octanol–water partition coefficient (Wildman–Crippen LogP) is 4.26. The molecule has 0 unspecified atom stereocenters. The van der Waals surface area contributed by atoms with Gasteiger partial charge in [0.2, 0.25) is 10.0 Å². The highest BCUT2D eigenvalue weighted by molar-refractivity contribution is 7.92. The van der Waals surface area contributed by atoms with E-state index in [1.807, 2.05) is 39.0 Å². The van der Waals surface area contributed by atoms with Gasteiger partial charge >= 0.3 is 0 Å². The molecular formula is C21H23N3O3S. The van der Waals surface area contributed by atoms with Gasteiger partial charge in [0.05, 0.1) is 16.8 Å². The Hall–Kier alpha value is -2.93. The Kier molecular flexibility index (Phi) is 5.65. The lowest BCUT2D eigenvalue weighted by molar-refractivity contribution is 0.102. The number of anilines is 2. The quantitative estimate of drug-likeness (QED) is 0.651. The van der Waals surface area contributed by atoms with Crippen molar-refractivity contribution in [2.75, 3.05) is 15.8 Å². The SMILES string of the molecule is CCCS(=O)(=O)Nc1ccc(NC(=O)c2cc(C)nc3ccc(C)cc23)cc1. The van der Waals surface area contributed by atoms with Crippen molar-refractivity contribution in [1.29, 1.82) is 0 Å². The Labute approximate surface area is 165 Å². The first kappa shape index (κ1) is 19.8. The summed E-state index contributed by atoms with van der Waals surface area (Å²) in [5.41, 5.74) is 4.19. The zero-order valence-corrected chi connectivity index (χ0v) is 16.9. The van der Waals surface area contributed by atoms with Crippen LogP contribution in [-0.2, 0) is 10.0 Å². The fourth-order valence-corrected chi connectivity index (χ4v) is 4.11. The highest BCUT2D eigenvalue weighted by atomic mass is 32.2. The van der Waals surface area contributed by atoms with Crippen LogP contribution in [0.25, 0.3) is 10.9 Å². The number of carbonyl (C=O) groups excluding carboxylic acids is 1. The van der Waals surface area contributed by atoms with Crippen LogP contribution in [0.4, 0.5) is 11.4 Å². The molecule has 7 heteroatoms. The molecule has 0 radical (unpaired) electrons. The number of nitrogens with zero attached hydrogens (tertiary/aromatic N) is 1. The second-order valence-electron chi connectivity index (χ2n) is 6.78. The largest absolute Gasteiger partial charge is 0.322 e. The highest BCUT2D eigenvalue weighted by Crippen LogP contribution is 2.22. The monoisotopic (exact) mass is 397 g/mol. The standard InChI is InChI=1S/C21H23N3O3S/c1-4-11-28(26,27)24-17-8-6-16(7-9-17)23-21(25)19-13-15(3)22-20-10-5-14(2)12-18(19)20/h5-10,12-13,24H,4,11H2,1-3H3,(H,23,25). The minimum Gasteiger partial charge on any atom is -0.322 e. The molecule has 0 saturated heterocycles. The van der Waals surface area contributed by atoms with E-state index < -0.39 is 10.0 Å². The van der Waals surface area contributed by atoms with Crippen molar-refractivity contribution in [3.8, 4) is 0 Å². The third kappa shape index (κ3) is 4.67. The normalized spacial score (nSPS) is 11.4. The van der Waals surface area contributed by atoms with E-state index >= 15 is 0 Å². The topological polar surface area (TPSA) is 88.2 Å². The molecule has 0 saturated carbocycles. The van der Waals surface area contributed by atoms with Crippen molar-refractivity contribution in [3.05, 3.63) is 65.4 Å². The zero-order valence-electron chi connectivity index (χ0n) is 16.1. The third-order valence-electron chi connectivity index (χ3n) is 4.23. The van der Waals surface area contributed by atoms with Gasteiger partial charge in [-0.1, -0.05) is 18.6 Å². The molecule has 1 amide bonds. The summed E-state index contributed by atoms with van der Waals surface area (Å²) in [6.07, 6.45) is 0.544. The van der Waals surface area contributed by atoms with Crippen LogP contribution in [0.2, 0.25) is 0 Å². The number of aryl methyl sites for hydroxylation is 2. The summed E-state index contributed by atoms with van der Waals surface area (Å²) in [6.45, 7) is 5.64. The van der Waals surface area contributed by atoms with Gasteiger partial charge in [0, 0.05) is 22.5 Å². The van der Waals surface area contributed by atoms with Crippen LogP contribution in [0.3, 0.4) is 0 Å². The van der Waals surface area contributed by atoms with E-state index in [9.17, 15) is 13.2 Å². The first-order chi connectivity index (χ1) is 13.3. The minimum absolute atomic E-state index is 0.0688. The molecule has 2 aromatic carbocycles. The molecule has 1 heterocycles. The first-order valence-electron chi connectivity index (χ1n) is 9.07. The number of rotatable bonds is 6. The van der Waals surface area contributed by atoms with E-state index in [0.717, 1.165) is 22.2 Å². The van der Waals surface area contributed by atoms with Crippen molar-refractivity contribution < 1.29 is 13.2 Å². The van der Waals surface area contributed by atoms with Crippen LogP contribution in [0.1, 0.15) is 35.0 Å². The number of nitrogens with one attached hydrogen (secondary N) is 2. The average molecular weight is 398 g/mol. The van der Waals surface area contributed by atoms with Gasteiger partial charge in [-0.15, -0.1) is 0 Å². The van der Waals surface area contributed by atoms with Crippen molar-refractivity contribution >= 4 is 38.2 Å². The molecule has 146 valence electrons. The van der Waals surface area contributed by atoms with Crippen LogP contribution < -0.4 is 10.0 Å². The summed E-state index contributed by atoms with van der Waals surface area (Å²) in [6, 6.07) is 14.2. The van der Waals surface area contributed by atoms with E-state index in [1.54, 1.807) is 30.3 Å². The van der Waals surface area contributed by atoms with Crippen LogP contribution in [0.5, 0.6) is 0 Å². The molecule has 1 aromatic heterocycles. The predicted molar refractivity (Wildman–Crippen MR) is 113 cm³/mol. The number of fused-ring (bicyclic) bond motifs is 1.